The van der Waals surface area contributed by atoms with Crippen LogP contribution in [-0.4, -0.2) is 58.6 Å². The number of hydrogen-bond acceptors (Lipinski definition) is 5. The van der Waals surface area contributed by atoms with Crippen LogP contribution >= 0.6 is 0 Å². The van der Waals surface area contributed by atoms with Gasteiger partial charge in [0, 0.05) is 13.0 Å². The molecule has 1 aromatic rings. The van der Waals surface area contributed by atoms with Gasteiger partial charge in [0.1, 0.15) is 0 Å². The normalized spacial score (nSPS) is 21.3. The molecule has 0 saturated carbocycles. The molecule has 1 saturated heterocycles. The molecule has 0 aliphatic carbocycles. The summed E-state index contributed by atoms with van der Waals surface area (Å²) in [5, 5.41) is 6.17. The van der Waals surface area contributed by atoms with Gasteiger partial charge in [-0.25, -0.2) is 4.79 Å². The molecule has 2 rings (SSSR count). The first-order valence-electron chi connectivity index (χ1n) is 7.13. The minimum absolute atomic E-state index is 0.0745. The summed E-state index contributed by atoms with van der Waals surface area (Å²) in [5.74, 6) is 0.840. The zero-order valence-corrected chi connectivity index (χ0v) is 13.1. The Kier molecular flexibility index (Phi) is 4.83. The summed E-state index contributed by atoms with van der Waals surface area (Å²) in [4.78, 5) is 17.2. The number of morpholine rings is 1. The van der Waals surface area contributed by atoms with Gasteiger partial charge in [-0.1, -0.05) is 5.16 Å². The highest BCUT2D eigenvalue weighted by Gasteiger charge is 2.49. The van der Waals surface area contributed by atoms with E-state index in [-0.39, 0.29) is 13.1 Å². The fourth-order valence-electron chi connectivity index (χ4n) is 2.34. The molecule has 23 heavy (non-hydrogen) atoms. The number of hydrogen-bond donors (Lipinski definition) is 1. The number of nitrogens with zero attached hydrogens (tertiary/aromatic N) is 3. The van der Waals surface area contributed by atoms with E-state index in [2.05, 4.69) is 15.5 Å². The van der Waals surface area contributed by atoms with Crippen LogP contribution in [0.25, 0.3) is 0 Å². The van der Waals surface area contributed by atoms with Gasteiger partial charge >= 0.3 is 12.2 Å². The van der Waals surface area contributed by atoms with E-state index in [1.54, 1.807) is 6.92 Å². The number of ether oxygens (including phenoxy) is 1. The lowest BCUT2D eigenvalue weighted by Crippen LogP contribution is -2.60. The Labute approximate surface area is 131 Å². The average Bonchev–Trinajstić information content (AvgIpc) is 2.81. The van der Waals surface area contributed by atoms with Crippen LogP contribution in [0.1, 0.15) is 25.6 Å². The van der Waals surface area contributed by atoms with Gasteiger partial charge < -0.3 is 19.5 Å². The van der Waals surface area contributed by atoms with E-state index in [9.17, 15) is 18.0 Å². The van der Waals surface area contributed by atoms with E-state index in [1.807, 2.05) is 0 Å². The van der Waals surface area contributed by atoms with E-state index < -0.39 is 30.5 Å². The SMILES string of the molecule is Cc1noc(CCNC(=O)N2C[C@H](C(F)(F)F)OC(C)(C)C2)n1. The zero-order chi connectivity index (χ0) is 17.3. The number of halogens is 3. The molecule has 1 fully saturated rings. The van der Waals surface area contributed by atoms with Gasteiger partial charge in [0.25, 0.3) is 0 Å². The topological polar surface area (TPSA) is 80.5 Å². The summed E-state index contributed by atoms with van der Waals surface area (Å²) in [7, 11) is 0. The zero-order valence-electron chi connectivity index (χ0n) is 13.1. The molecule has 2 amide bonds. The molecule has 0 bridgehead atoms. The number of alkyl halides is 3. The molecule has 1 aromatic heterocycles. The maximum Gasteiger partial charge on any atom is 0.416 e. The number of carbonyl (C=O) groups is 1. The van der Waals surface area contributed by atoms with Crippen molar-refractivity contribution in [2.24, 2.45) is 0 Å². The Balaban J connectivity index is 1.89. The minimum Gasteiger partial charge on any atom is -0.359 e. The Hall–Kier alpha value is -1.84. The smallest absolute Gasteiger partial charge is 0.359 e. The highest BCUT2D eigenvalue weighted by Crippen LogP contribution is 2.31. The fourth-order valence-corrected chi connectivity index (χ4v) is 2.34. The fraction of sp³-hybridized carbons (Fsp3) is 0.769. The third-order valence-electron chi connectivity index (χ3n) is 3.26. The second kappa shape index (κ2) is 6.34. The summed E-state index contributed by atoms with van der Waals surface area (Å²) in [6.07, 6.45) is -6.20. The molecule has 10 heteroatoms. The standard InChI is InChI=1S/C13H19F3N4O3/c1-8-18-10(23-19-8)4-5-17-11(21)20-6-9(13(14,15)16)22-12(2,3)7-20/h9H,4-7H2,1-3H3,(H,17,21)/t9-/m1/s1. The highest BCUT2D eigenvalue weighted by molar-refractivity contribution is 5.74. The van der Waals surface area contributed by atoms with Crippen molar-refractivity contribution in [2.45, 2.75) is 45.1 Å². The van der Waals surface area contributed by atoms with E-state index in [0.717, 1.165) is 4.90 Å². The van der Waals surface area contributed by atoms with E-state index >= 15 is 0 Å². The van der Waals surface area contributed by atoms with Gasteiger partial charge in [0.2, 0.25) is 5.89 Å². The van der Waals surface area contributed by atoms with Crippen molar-refractivity contribution >= 4 is 6.03 Å². The molecule has 0 unspecified atom stereocenters. The number of carbonyl (C=O) groups excluding carboxylic acids is 1. The predicted molar refractivity (Wildman–Crippen MR) is 72.7 cm³/mol. The first-order chi connectivity index (χ1) is 10.6. The minimum atomic E-state index is -4.52. The molecule has 2 heterocycles. The van der Waals surface area contributed by atoms with E-state index in [0.29, 0.717) is 18.1 Å². The molecule has 1 aliphatic rings. The maximum absolute atomic E-state index is 12.9. The molecular formula is C13H19F3N4O3. The van der Waals surface area contributed by atoms with Crippen LogP contribution in [-0.2, 0) is 11.2 Å². The number of urea groups is 1. The van der Waals surface area contributed by atoms with Crippen LogP contribution in [0.4, 0.5) is 18.0 Å². The van der Waals surface area contributed by atoms with Crippen LogP contribution in [0.2, 0.25) is 0 Å². The highest BCUT2D eigenvalue weighted by atomic mass is 19.4. The summed E-state index contributed by atoms with van der Waals surface area (Å²) < 4.78 is 48.6. The maximum atomic E-state index is 12.9. The number of nitrogens with one attached hydrogen (secondary N) is 1. The number of amides is 2. The number of aromatic nitrogens is 2. The van der Waals surface area contributed by atoms with Gasteiger partial charge in [0.15, 0.2) is 11.9 Å². The lowest BCUT2D eigenvalue weighted by atomic mass is 10.1. The van der Waals surface area contributed by atoms with Gasteiger partial charge in [-0.3, -0.25) is 0 Å². The van der Waals surface area contributed by atoms with Gasteiger partial charge in [-0.2, -0.15) is 18.2 Å². The third-order valence-corrected chi connectivity index (χ3v) is 3.26. The van der Waals surface area contributed by atoms with Crippen LogP contribution in [0.3, 0.4) is 0 Å². The Morgan fingerprint density at radius 3 is 2.74 bits per heavy atom. The van der Waals surface area contributed by atoms with Crippen molar-refractivity contribution in [1.82, 2.24) is 20.4 Å². The van der Waals surface area contributed by atoms with Crippen molar-refractivity contribution in [3.8, 4) is 0 Å². The molecule has 7 nitrogen and oxygen atoms in total. The Morgan fingerprint density at radius 2 is 2.17 bits per heavy atom. The van der Waals surface area contributed by atoms with Crippen molar-refractivity contribution in [2.75, 3.05) is 19.6 Å². The molecule has 1 aliphatic heterocycles. The van der Waals surface area contributed by atoms with Crippen LogP contribution < -0.4 is 5.32 Å². The van der Waals surface area contributed by atoms with E-state index in [4.69, 9.17) is 9.26 Å². The van der Waals surface area contributed by atoms with Crippen LogP contribution in [0, 0.1) is 6.92 Å². The van der Waals surface area contributed by atoms with Crippen LogP contribution in [0.15, 0.2) is 4.52 Å². The molecule has 0 radical (unpaired) electrons. The van der Waals surface area contributed by atoms with Crippen molar-refractivity contribution < 1.29 is 27.2 Å². The summed E-state index contributed by atoms with van der Waals surface area (Å²) in [6.45, 7) is 4.44. The van der Waals surface area contributed by atoms with Gasteiger partial charge in [0.05, 0.1) is 18.7 Å². The quantitative estimate of drug-likeness (QED) is 0.908. The van der Waals surface area contributed by atoms with Crippen molar-refractivity contribution in [3.05, 3.63) is 11.7 Å². The van der Waals surface area contributed by atoms with Gasteiger partial charge in [-0.15, -0.1) is 0 Å². The van der Waals surface area contributed by atoms with Gasteiger partial charge in [-0.05, 0) is 20.8 Å². The van der Waals surface area contributed by atoms with Crippen molar-refractivity contribution in [1.29, 1.82) is 0 Å². The second-order valence-electron chi connectivity index (χ2n) is 6.01. The molecule has 0 spiro atoms. The molecule has 0 aromatic carbocycles. The lowest BCUT2D eigenvalue weighted by molar-refractivity contribution is -0.267. The number of aryl methyl sites for hydroxylation is 1. The Morgan fingerprint density at radius 1 is 1.48 bits per heavy atom. The van der Waals surface area contributed by atoms with Crippen LogP contribution in [0.5, 0.6) is 0 Å². The monoisotopic (exact) mass is 336 g/mol. The summed E-state index contributed by atoms with van der Waals surface area (Å²) >= 11 is 0. The average molecular weight is 336 g/mol. The lowest BCUT2D eigenvalue weighted by Gasteiger charge is -2.43. The first-order valence-corrected chi connectivity index (χ1v) is 7.13. The summed E-state index contributed by atoms with van der Waals surface area (Å²) in [5.41, 5.74) is -1.07. The van der Waals surface area contributed by atoms with Crippen molar-refractivity contribution in [3.63, 3.8) is 0 Å². The molecule has 1 N–H and O–H groups in total. The molecular weight excluding hydrogens is 317 g/mol. The predicted octanol–water partition coefficient (Wildman–Crippen LogP) is 1.67. The molecule has 1 atom stereocenters. The number of rotatable bonds is 3. The van der Waals surface area contributed by atoms with E-state index in [1.165, 1.54) is 13.8 Å². The second-order valence-corrected chi connectivity index (χ2v) is 6.01. The first kappa shape index (κ1) is 17.5. The largest absolute Gasteiger partial charge is 0.416 e. The third kappa shape index (κ3) is 4.81. The summed E-state index contributed by atoms with van der Waals surface area (Å²) in [6, 6.07) is -0.577. The Bertz CT molecular complexity index is 559. The molecule has 130 valence electrons.